The zero-order chi connectivity index (χ0) is 20.2. The van der Waals surface area contributed by atoms with Gasteiger partial charge in [0.25, 0.3) is 11.6 Å². The van der Waals surface area contributed by atoms with Crippen LogP contribution in [-0.2, 0) is 19.0 Å². The van der Waals surface area contributed by atoms with E-state index < -0.39 is 28.8 Å². The topological polar surface area (TPSA) is 137 Å². The molecule has 1 aromatic carbocycles. The molecule has 0 heterocycles. The predicted octanol–water partition coefficient (Wildman–Crippen LogP) is 1.44. The van der Waals surface area contributed by atoms with Crippen molar-refractivity contribution in [3.8, 4) is 0 Å². The lowest BCUT2D eigenvalue weighted by atomic mass is 10.0. The van der Waals surface area contributed by atoms with Crippen LogP contribution in [0.4, 0.5) is 5.69 Å². The number of hydrogen-bond donors (Lipinski definition) is 2. The molecule has 1 amide bonds. The monoisotopic (exact) mass is 384 g/mol. The van der Waals surface area contributed by atoms with Crippen molar-refractivity contribution in [3.63, 3.8) is 0 Å². The summed E-state index contributed by atoms with van der Waals surface area (Å²) in [7, 11) is 1.39. The van der Waals surface area contributed by atoms with Crippen LogP contribution < -0.4 is 5.32 Å². The number of nitrogens with one attached hydrogen (secondary N) is 1. The van der Waals surface area contributed by atoms with Crippen LogP contribution in [0, 0.1) is 16.0 Å². The highest BCUT2D eigenvalue weighted by Gasteiger charge is 2.24. The Morgan fingerprint density at radius 2 is 1.89 bits per heavy atom. The summed E-state index contributed by atoms with van der Waals surface area (Å²) in [6.45, 7) is 2.32. The largest absolute Gasteiger partial charge is 0.481 e. The van der Waals surface area contributed by atoms with Crippen molar-refractivity contribution in [1.29, 1.82) is 0 Å². The Balaban J connectivity index is 2.79. The average Bonchev–Trinajstić information content (AvgIpc) is 2.64. The lowest BCUT2D eigenvalue weighted by Crippen LogP contribution is -2.41. The second-order valence-electron chi connectivity index (χ2n) is 5.68. The Bertz CT molecular complexity index is 620. The van der Waals surface area contributed by atoms with Crippen LogP contribution in [0.15, 0.2) is 24.3 Å². The Morgan fingerprint density at radius 1 is 1.22 bits per heavy atom. The highest BCUT2D eigenvalue weighted by Crippen LogP contribution is 2.13. The molecule has 1 rings (SSSR count). The van der Waals surface area contributed by atoms with Gasteiger partial charge < -0.3 is 24.6 Å². The Kier molecular flexibility index (Phi) is 9.94. The third-order valence-electron chi connectivity index (χ3n) is 3.65. The number of carbonyl (C=O) groups excluding carboxylic acids is 1. The minimum atomic E-state index is -1.05. The van der Waals surface area contributed by atoms with Crippen molar-refractivity contribution in [2.75, 3.05) is 33.7 Å². The molecule has 0 spiro atoms. The van der Waals surface area contributed by atoms with Gasteiger partial charge in [-0.3, -0.25) is 19.7 Å². The molecule has 0 unspecified atom stereocenters. The van der Waals surface area contributed by atoms with Gasteiger partial charge in [0.15, 0.2) is 0 Å². The summed E-state index contributed by atoms with van der Waals surface area (Å²) in [4.78, 5) is 33.9. The molecule has 0 saturated heterocycles. The minimum Gasteiger partial charge on any atom is -0.481 e. The number of carboxylic acid groups (broad SMARTS) is 1. The number of nitro groups is 1. The maximum absolute atomic E-state index is 12.4. The SMILES string of the molecule is CCOCOC[C@H](C[C@H](COC)C(=O)O)NC(=O)c1ccc([N+](=O)[O-])cc1. The molecule has 150 valence electrons. The first kappa shape index (κ1) is 22.5. The van der Waals surface area contributed by atoms with Gasteiger partial charge in [-0.15, -0.1) is 0 Å². The van der Waals surface area contributed by atoms with Crippen molar-refractivity contribution in [3.05, 3.63) is 39.9 Å². The maximum atomic E-state index is 12.4. The lowest BCUT2D eigenvalue weighted by Gasteiger charge is -2.22. The molecule has 0 aliphatic rings. The van der Waals surface area contributed by atoms with Crippen molar-refractivity contribution in [1.82, 2.24) is 5.32 Å². The smallest absolute Gasteiger partial charge is 0.308 e. The molecule has 0 fully saturated rings. The standard InChI is InChI=1S/C17H24N2O8/c1-3-26-11-27-10-14(8-13(9-25-2)17(21)22)18-16(20)12-4-6-15(7-5-12)19(23)24/h4-7,13-14H,3,8-11H2,1-2H3,(H,18,20)(H,21,22)/t13-,14+/m1/s1. The van der Waals surface area contributed by atoms with E-state index in [-0.39, 0.29) is 37.7 Å². The first-order valence-corrected chi connectivity index (χ1v) is 8.31. The fourth-order valence-electron chi connectivity index (χ4n) is 2.29. The number of non-ortho nitro benzene ring substituents is 1. The second-order valence-corrected chi connectivity index (χ2v) is 5.68. The van der Waals surface area contributed by atoms with Gasteiger partial charge in [-0.25, -0.2) is 0 Å². The number of ether oxygens (including phenoxy) is 3. The molecule has 0 bridgehead atoms. The number of nitrogens with zero attached hydrogens (tertiary/aromatic N) is 1. The number of nitro benzene ring substituents is 1. The fourth-order valence-corrected chi connectivity index (χ4v) is 2.29. The molecule has 10 heteroatoms. The van der Waals surface area contributed by atoms with E-state index in [0.29, 0.717) is 6.61 Å². The molecule has 0 aliphatic carbocycles. The average molecular weight is 384 g/mol. The van der Waals surface area contributed by atoms with E-state index in [0.717, 1.165) is 0 Å². The maximum Gasteiger partial charge on any atom is 0.308 e. The summed E-state index contributed by atoms with van der Waals surface area (Å²) in [5.41, 5.74) is 0.0863. The summed E-state index contributed by atoms with van der Waals surface area (Å²) in [6.07, 6.45) is 0.0913. The Morgan fingerprint density at radius 3 is 2.41 bits per heavy atom. The van der Waals surface area contributed by atoms with Gasteiger partial charge in [0.2, 0.25) is 0 Å². The van der Waals surface area contributed by atoms with Crippen LogP contribution in [0.5, 0.6) is 0 Å². The predicted molar refractivity (Wildman–Crippen MR) is 94.4 cm³/mol. The number of aliphatic carboxylic acids is 1. The van der Waals surface area contributed by atoms with Crippen LogP contribution in [0.2, 0.25) is 0 Å². The molecule has 0 aliphatic heterocycles. The molecule has 2 N–H and O–H groups in total. The van der Waals surface area contributed by atoms with Gasteiger partial charge >= 0.3 is 5.97 Å². The second kappa shape index (κ2) is 11.9. The zero-order valence-electron chi connectivity index (χ0n) is 15.3. The molecule has 0 radical (unpaired) electrons. The van der Waals surface area contributed by atoms with Crippen LogP contribution in [0.1, 0.15) is 23.7 Å². The molecular formula is C17H24N2O8. The van der Waals surface area contributed by atoms with E-state index >= 15 is 0 Å². The molecule has 0 aromatic heterocycles. The fraction of sp³-hybridized carbons (Fsp3) is 0.529. The van der Waals surface area contributed by atoms with Crippen molar-refractivity contribution < 1.29 is 33.8 Å². The van der Waals surface area contributed by atoms with Crippen LogP contribution in [-0.4, -0.2) is 61.7 Å². The third-order valence-corrected chi connectivity index (χ3v) is 3.65. The van der Waals surface area contributed by atoms with E-state index in [1.807, 2.05) is 0 Å². The summed E-state index contributed by atoms with van der Waals surface area (Å²) < 4.78 is 15.3. The van der Waals surface area contributed by atoms with E-state index in [1.54, 1.807) is 6.92 Å². The summed E-state index contributed by atoms with van der Waals surface area (Å²) in [6, 6.07) is 4.50. The van der Waals surface area contributed by atoms with Gasteiger partial charge in [-0.2, -0.15) is 0 Å². The summed E-state index contributed by atoms with van der Waals surface area (Å²) in [5, 5.41) is 22.7. The lowest BCUT2D eigenvalue weighted by molar-refractivity contribution is -0.384. The first-order chi connectivity index (χ1) is 12.9. The van der Waals surface area contributed by atoms with Crippen LogP contribution >= 0.6 is 0 Å². The van der Waals surface area contributed by atoms with Gasteiger partial charge in [-0.05, 0) is 25.5 Å². The van der Waals surface area contributed by atoms with Crippen molar-refractivity contribution in [2.45, 2.75) is 19.4 Å². The van der Waals surface area contributed by atoms with E-state index in [1.165, 1.54) is 31.4 Å². The molecular weight excluding hydrogens is 360 g/mol. The van der Waals surface area contributed by atoms with Gasteiger partial charge in [-0.1, -0.05) is 0 Å². The van der Waals surface area contributed by atoms with Crippen LogP contribution in [0.25, 0.3) is 0 Å². The molecule has 27 heavy (non-hydrogen) atoms. The summed E-state index contributed by atoms with van der Waals surface area (Å²) >= 11 is 0. The quantitative estimate of drug-likeness (QED) is 0.226. The number of carboxylic acids is 1. The highest BCUT2D eigenvalue weighted by molar-refractivity contribution is 5.94. The number of hydrogen-bond acceptors (Lipinski definition) is 7. The van der Waals surface area contributed by atoms with Crippen molar-refractivity contribution >= 4 is 17.6 Å². The highest BCUT2D eigenvalue weighted by atomic mass is 16.7. The molecule has 2 atom stereocenters. The number of carbonyl (C=O) groups is 2. The molecule has 0 saturated carbocycles. The first-order valence-electron chi connectivity index (χ1n) is 8.31. The van der Waals surface area contributed by atoms with Gasteiger partial charge in [0.05, 0.1) is 30.1 Å². The summed E-state index contributed by atoms with van der Waals surface area (Å²) in [5.74, 6) is -2.36. The number of rotatable bonds is 13. The third kappa shape index (κ3) is 8.11. The van der Waals surface area contributed by atoms with E-state index in [9.17, 15) is 24.8 Å². The number of amides is 1. The Labute approximate surface area is 156 Å². The van der Waals surface area contributed by atoms with Crippen molar-refractivity contribution in [2.24, 2.45) is 5.92 Å². The number of methoxy groups -OCH3 is 1. The normalized spacial score (nSPS) is 13.0. The molecule has 10 nitrogen and oxygen atoms in total. The van der Waals surface area contributed by atoms with Gasteiger partial charge in [0, 0.05) is 31.4 Å². The zero-order valence-corrected chi connectivity index (χ0v) is 15.3. The minimum absolute atomic E-state index is 0.00923. The van der Waals surface area contributed by atoms with E-state index in [4.69, 9.17) is 14.2 Å². The Hall–Kier alpha value is -2.56. The number of benzene rings is 1. The molecule has 1 aromatic rings. The van der Waals surface area contributed by atoms with Gasteiger partial charge in [0.1, 0.15) is 6.79 Å². The van der Waals surface area contributed by atoms with E-state index in [2.05, 4.69) is 5.32 Å². The van der Waals surface area contributed by atoms with Crippen LogP contribution in [0.3, 0.4) is 0 Å².